The number of benzene rings is 1. The van der Waals surface area contributed by atoms with Gasteiger partial charge in [-0.25, -0.2) is 0 Å². The lowest BCUT2D eigenvalue weighted by Crippen LogP contribution is -2.21. The van der Waals surface area contributed by atoms with Gasteiger partial charge in [0.2, 0.25) is 0 Å². The minimum Gasteiger partial charge on any atom is -0.492 e. The molecule has 18 heavy (non-hydrogen) atoms. The van der Waals surface area contributed by atoms with Crippen molar-refractivity contribution in [2.75, 3.05) is 19.7 Å². The van der Waals surface area contributed by atoms with Gasteiger partial charge < -0.3 is 10.1 Å². The summed E-state index contributed by atoms with van der Waals surface area (Å²) in [6.07, 6.45) is 2.19. The van der Waals surface area contributed by atoms with Crippen molar-refractivity contribution in [3.8, 4) is 5.75 Å². The summed E-state index contributed by atoms with van der Waals surface area (Å²) in [5.41, 5.74) is 1.17. The van der Waals surface area contributed by atoms with Crippen molar-refractivity contribution in [1.82, 2.24) is 5.32 Å². The lowest BCUT2D eigenvalue weighted by atomic mass is 10.2. The van der Waals surface area contributed by atoms with Crippen LogP contribution >= 0.6 is 11.6 Å². The highest BCUT2D eigenvalue weighted by Gasteiger charge is 2.01. The van der Waals surface area contributed by atoms with E-state index in [9.17, 15) is 0 Å². The molecule has 0 fully saturated rings. The van der Waals surface area contributed by atoms with Gasteiger partial charge in [-0.3, -0.25) is 0 Å². The molecule has 0 aromatic heterocycles. The van der Waals surface area contributed by atoms with Gasteiger partial charge in [0.05, 0.1) is 11.6 Å². The third-order valence-electron chi connectivity index (χ3n) is 2.64. The van der Waals surface area contributed by atoms with E-state index >= 15 is 0 Å². The van der Waals surface area contributed by atoms with Gasteiger partial charge in [-0.15, -0.1) is 0 Å². The summed E-state index contributed by atoms with van der Waals surface area (Å²) in [7, 11) is 0. The van der Waals surface area contributed by atoms with Crippen LogP contribution in [0.2, 0.25) is 5.02 Å². The molecule has 1 aromatic rings. The van der Waals surface area contributed by atoms with E-state index < -0.39 is 0 Å². The van der Waals surface area contributed by atoms with Crippen molar-refractivity contribution in [1.29, 1.82) is 0 Å². The molecule has 3 heteroatoms. The van der Waals surface area contributed by atoms with Gasteiger partial charge in [-0.1, -0.05) is 31.5 Å². The van der Waals surface area contributed by atoms with Crippen LogP contribution in [0.15, 0.2) is 18.2 Å². The SMILES string of the molecule is Cc1ccc(Cl)c(OCCCCNCC(C)C)c1. The van der Waals surface area contributed by atoms with Gasteiger partial charge >= 0.3 is 0 Å². The second kappa shape index (κ2) is 8.39. The molecule has 0 aliphatic carbocycles. The van der Waals surface area contributed by atoms with Crippen LogP contribution in [0.5, 0.6) is 5.75 Å². The second-order valence-corrected chi connectivity index (χ2v) is 5.49. The normalized spacial score (nSPS) is 10.9. The number of rotatable bonds is 8. The van der Waals surface area contributed by atoms with E-state index in [4.69, 9.17) is 16.3 Å². The average Bonchev–Trinajstić information content (AvgIpc) is 2.32. The van der Waals surface area contributed by atoms with Crippen molar-refractivity contribution < 1.29 is 4.74 Å². The fourth-order valence-electron chi connectivity index (χ4n) is 1.65. The lowest BCUT2D eigenvalue weighted by Gasteiger charge is -2.10. The highest BCUT2D eigenvalue weighted by Crippen LogP contribution is 2.25. The maximum atomic E-state index is 6.06. The molecule has 1 rings (SSSR count). The van der Waals surface area contributed by atoms with E-state index in [-0.39, 0.29) is 0 Å². The van der Waals surface area contributed by atoms with Crippen molar-refractivity contribution in [3.05, 3.63) is 28.8 Å². The highest BCUT2D eigenvalue weighted by molar-refractivity contribution is 6.32. The Hall–Kier alpha value is -0.730. The number of hydrogen-bond donors (Lipinski definition) is 1. The summed E-state index contributed by atoms with van der Waals surface area (Å²) >= 11 is 6.06. The van der Waals surface area contributed by atoms with Gasteiger partial charge in [0, 0.05) is 0 Å². The van der Waals surface area contributed by atoms with Crippen LogP contribution in [0.3, 0.4) is 0 Å². The molecule has 0 radical (unpaired) electrons. The number of aryl methyl sites for hydroxylation is 1. The zero-order valence-corrected chi connectivity index (χ0v) is 12.4. The number of halogens is 1. The van der Waals surface area contributed by atoms with E-state index in [0.29, 0.717) is 10.9 Å². The van der Waals surface area contributed by atoms with Crippen LogP contribution in [-0.4, -0.2) is 19.7 Å². The Balaban J connectivity index is 2.12. The molecule has 0 aliphatic heterocycles. The average molecular weight is 270 g/mol. The fourth-order valence-corrected chi connectivity index (χ4v) is 1.82. The van der Waals surface area contributed by atoms with Crippen molar-refractivity contribution in [2.24, 2.45) is 5.92 Å². The Morgan fingerprint density at radius 3 is 2.78 bits per heavy atom. The number of nitrogens with one attached hydrogen (secondary N) is 1. The van der Waals surface area contributed by atoms with E-state index in [0.717, 1.165) is 38.3 Å². The van der Waals surface area contributed by atoms with Crippen LogP contribution in [0.4, 0.5) is 0 Å². The predicted molar refractivity (Wildman–Crippen MR) is 78.6 cm³/mol. The molecule has 0 amide bonds. The smallest absolute Gasteiger partial charge is 0.138 e. The Bertz CT molecular complexity index is 352. The van der Waals surface area contributed by atoms with Crippen molar-refractivity contribution >= 4 is 11.6 Å². The summed E-state index contributed by atoms with van der Waals surface area (Å²) < 4.78 is 5.69. The van der Waals surface area contributed by atoms with E-state index in [2.05, 4.69) is 19.2 Å². The van der Waals surface area contributed by atoms with Crippen molar-refractivity contribution in [2.45, 2.75) is 33.6 Å². The lowest BCUT2D eigenvalue weighted by molar-refractivity contribution is 0.305. The molecule has 1 aromatic carbocycles. The topological polar surface area (TPSA) is 21.3 Å². The zero-order chi connectivity index (χ0) is 13.4. The summed E-state index contributed by atoms with van der Waals surface area (Å²) in [5.74, 6) is 1.51. The minimum atomic E-state index is 0.693. The molecule has 0 saturated heterocycles. The molecular formula is C15H24ClNO. The summed E-state index contributed by atoms with van der Waals surface area (Å²) in [6, 6.07) is 5.86. The summed E-state index contributed by atoms with van der Waals surface area (Å²) in [6.45, 7) is 9.35. The first-order valence-electron chi connectivity index (χ1n) is 6.69. The standard InChI is InChI=1S/C15H24ClNO/c1-12(2)11-17-8-4-5-9-18-15-10-13(3)6-7-14(15)16/h6-7,10,12,17H,4-5,8-9,11H2,1-3H3. The maximum Gasteiger partial charge on any atom is 0.138 e. The van der Waals surface area contributed by atoms with E-state index in [1.54, 1.807) is 0 Å². The largest absolute Gasteiger partial charge is 0.492 e. The molecular weight excluding hydrogens is 246 g/mol. The minimum absolute atomic E-state index is 0.693. The van der Waals surface area contributed by atoms with Crippen LogP contribution in [0.25, 0.3) is 0 Å². The van der Waals surface area contributed by atoms with Crippen LogP contribution in [0, 0.1) is 12.8 Å². The van der Waals surface area contributed by atoms with E-state index in [1.807, 2.05) is 25.1 Å². The third kappa shape index (κ3) is 6.27. The second-order valence-electron chi connectivity index (χ2n) is 5.09. The Morgan fingerprint density at radius 2 is 2.06 bits per heavy atom. The first kappa shape index (κ1) is 15.3. The zero-order valence-electron chi connectivity index (χ0n) is 11.6. The molecule has 0 spiro atoms. The van der Waals surface area contributed by atoms with Crippen LogP contribution in [-0.2, 0) is 0 Å². The van der Waals surface area contributed by atoms with Crippen LogP contribution < -0.4 is 10.1 Å². The van der Waals surface area contributed by atoms with Gasteiger partial charge in [-0.05, 0) is 56.5 Å². The molecule has 2 nitrogen and oxygen atoms in total. The first-order valence-corrected chi connectivity index (χ1v) is 7.07. The fraction of sp³-hybridized carbons (Fsp3) is 0.600. The predicted octanol–water partition coefficient (Wildman–Crippen LogP) is 4.05. The monoisotopic (exact) mass is 269 g/mol. The van der Waals surface area contributed by atoms with Crippen molar-refractivity contribution in [3.63, 3.8) is 0 Å². The van der Waals surface area contributed by atoms with E-state index in [1.165, 1.54) is 5.56 Å². The Morgan fingerprint density at radius 1 is 1.28 bits per heavy atom. The Labute approximate surface area is 116 Å². The molecule has 102 valence electrons. The number of hydrogen-bond acceptors (Lipinski definition) is 2. The molecule has 0 bridgehead atoms. The molecule has 0 atom stereocenters. The van der Waals surface area contributed by atoms with Gasteiger partial charge in [0.1, 0.15) is 5.75 Å². The summed E-state index contributed by atoms with van der Waals surface area (Å²) in [4.78, 5) is 0. The summed E-state index contributed by atoms with van der Waals surface area (Å²) in [5, 5.41) is 4.12. The van der Waals surface area contributed by atoms with Gasteiger partial charge in [0.25, 0.3) is 0 Å². The van der Waals surface area contributed by atoms with Crippen LogP contribution in [0.1, 0.15) is 32.3 Å². The molecule has 0 unspecified atom stereocenters. The molecule has 1 N–H and O–H groups in total. The van der Waals surface area contributed by atoms with Gasteiger partial charge in [0.15, 0.2) is 0 Å². The number of ether oxygens (including phenoxy) is 1. The number of unbranched alkanes of at least 4 members (excludes halogenated alkanes) is 1. The third-order valence-corrected chi connectivity index (χ3v) is 2.96. The molecule has 0 aliphatic rings. The quantitative estimate of drug-likeness (QED) is 0.719. The highest BCUT2D eigenvalue weighted by atomic mass is 35.5. The maximum absolute atomic E-state index is 6.06. The Kier molecular flexibility index (Phi) is 7.14. The molecule has 0 heterocycles. The van der Waals surface area contributed by atoms with Gasteiger partial charge in [-0.2, -0.15) is 0 Å². The molecule has 0 saturated carbocycles. The first-order chi connectivity index (χ1) is 8.59.